The van der Waals surface area contributed by atoms with Crippen LogP contribution in [0.3, 0.4) is 0 Å². The third kappa shape index (κ3) is 1.30. The van der Waals surface area contributed by atoms with Crippen molar-refractivity contribution in [2.24, 2.45) is 0 Å². The molecule has 2 rings (SSSR count). The highest BCUT2D eigenvalue weighted by Crippen LogP contribution is 2.36. The van der Waals surface area contributed by atoms with Gasteiger partial charge in [-0.2, -0.15) is 3.93 Å². The van der Waals surface area contributed by atoms with Crippen molar-refractivity contribution in [2.45, 2.75) is 11.4 Å². The van der Waals surface area contributed by atoms with Crippen molar-refractivity contribution in [3.63, 3.8) is 0 Å². The quantitative estimate of drug-likeness (QED) is 0.392. The Morgan fingerprint density at radius 3 is 2.56 bits per heavy atom. The lowest BCUT2D eigenvalue weighted by molar-refractivity contribution is -0.172. The highest BCUT2D eigenvalue weighted by Gasteiger charge is 2.66. The summed E-state index contributed by atoms with van der Waals surface area (Å²) in [7, 11) is -3.27. The molecule has 3 unspecified atom stereocenters. The fourth-order valence-corrected chi connectivity index (χ4v) is 2.54. The second-order valence-electron chi connectivity index (χ2n) is 3.10. The molecule has 0 radical (unpaired) electrons. The SMILES string of the molecule is O=C1NC2C(=O)N(Br)C(=O)NC2([P+](=O)[O-])N1. The van der Waals surface area contributed by atoms with Crippen molar-refractivity contribution < 1.29 is 23.8 Å². The van der Waals surface area contributed by atoms with Crippen LogP contribution < -0.4 is 20.8 Å². The number of nitrogens with zero attached hydrogens (tertiary/aromatic N) is 1. The van der Waals surface area contributed by atoms with Gasteiger partial charge in [0.25, 0.3) is 5.91 Å². The molecule has 0 aromatic rings. The second kappa shape index (κ2) is 3.37. The lowest BCUT2D eigenvalue weighted by Crippen LogP contribution is -2.71. The number of rotatable bonds is 1. The summed E-state index contributed by atoms with van der Waals surface area (Å²) in [4.78, 5) is 45.0. The van der Waals surface area contributed by atoms with E-state index in [-0.39, 0.29) is 0 Å². The van der Waals surface area contributed by atoms with E-state index in [1.165, 1.54) is 0 Å². The number of hydrogen-bond donors (Lipinski definition) is 3. The first kappa shape index (κ1) is 11.2. The van der Waals surface area contributed by atoms with Crippen molar-refractivity contribution >= 4 is 42.1 Å². The standard InChI is InChI=1S/C5H4BrN4O5P/c6-10-2(11)1-5(16(14)15,9-4(10)13)8-3(12)7-1/h1H,(H,9,13)(H2,7,8,12). The number of fused-ring (bicyclic) bond motifs is 1. The summed E-state index contributed by atoms with van der Waals surface area (Å²) in [5.74, 6) is -0.874. The Hall–Kier alpha value is -1.25. The molecule has 2 aliphatic rings. The molecule has 3 atom stereocenters. The van der Waals surface area contributed by atoms with Gasteiger partial charge in [-0.15, -0.1) is 0 Å². The molecule has 9 nitrogen and oxygen atoms in total. The summed E-state index contributed by atoms with van der Waals surface area (Å²) in [5, 5.41) is 4.05. The maximum atomic E-state index is 11.6. The van der Waals surface area contributed by atoms with Gasteiger partial charge in [0.1, 0.15) is 0 Å². The maximum Gasteiger partial charge on any atom is 0.364 e. The minimum atomic E-state index is -3.27. The van der Waals surface area contributed by atoms with Gasteiger partial charge >= 0.3 is 25.5 Å². The van der Waals surface area contributed by atoms with E-state index in [1.807, 2.05) is 10.6 Å². The summed E-state index contributed by atoms with van der Waals surface area (Å²) in [6, 6.07) is -3.21. The van der Waals surface area contributed by atoms with E-state index >= 15 is 0 Å². The monoisotopic (exact) mass is 310 g/mol. The van der Waals surface area contributed by atoms with Gasteiger partial charge in [-0.1, -0.05) is 4.57 Å². The van der Waals surface area contributed by atoms with Crippen LogP contribution >= 0.6 is 24.2 Å². The molecule has 16 heavy (non-hydrogen) atoms. The Morgan fingerprint density at radius 1 is 1.38 bits per heavy atom. The van der Waals surface area contributed by atoms with E-state index in [0.29, 0.717) is 3.93 Å². The van der Waals surface area contributed by atoms with Crippen molar-refractivity contribution in [2.75, 3.05) is 0 Å². The van der Waals surface area contributed by atoms with Crippen LogP contribution in [0.2, 0.25) is 0 Å². The zero-order chi connectivity index (χ0) is 12.1. The van der Waals surface area contributed by atoms with Gasteiger partial charge in [0.15, 0.2) is 0 Å². The van der Waals surface area contributed by atoms with Gasteiger partial charge in [0, 0.05) is 0 Å². The fourth-order valence-electron chi connectivity index (χ4n) is 1.48. The predicted molar refractivity (Wildman–Crippen MR) is 50.1 cm³/mol. The van der Waals surface area contributed by atoms with E-state index in [2.05, 4.69) is 21.5 Å². The highest BCUT2D eigenvalue weighted by molar-refractivity contribution is 9.08. The molecule has 86 valence electrons. The number of carbonyl (C=O) groups is 3. The Balaban J connectivity index is 2.48. The van der Waals surface area contributed by atoms with Crippen LogP contribution in [-0.4, -0.2) is 33.3 Å². The Kier molecular flexibility index (Phi) is 2.37. The molecular formula is C5H4BrN4O5P. The molecule has 3 N–H and O–H groups in total. The average Bonchev–Trinajstić information content (AvgIpc) is 2.53. The predicted octanol–water partition coefficient (Wildman–Crippen LogP) is -1.71. The first-order chi connectivity index (χ1) is 7.38. The molecule has 0 spiro atoms. The van der Waals surface area contributed by atoms with Crippen LogP contribution in [0.15, 0.2) is 0 Å². The van der Waals surface area contributed by atoms with Gasteiger partial charge in [0.2, 0.25) is 6.04 Å². The van der Waals surface area contributed by atoms with Crippen LogP contribution in [0.4, 0.5) is 9.59 Å². The first-order valence-corrected chi connectivity index (χ1v) is 5.82. The van der Waals surface area contributed by atoms with Crippen LogP contribution in [-0.2, 0) is 9.36 Å². The lowest BCUT2D eigenvalue weighted by atomic mass is 10.2. The zero-order valence-corrected chi connectivity index (χ0v) is 9.87. The molecule has 2 saturated heterocycles. The van der Waals surface area contributed by atoms with Gasteiger partial charge in [0.05, 0.1) is 16.1 Å². The van der Waals surface area contributed by atoms with E-state index in [1.54, 1.807) is 0 Å². The second-order valence-corrected chi connectivity index (χ2v) is 5.03. The molecule has 2 aliphatic heterocycles. The third-order valence-corrected chi connectivity index (χ3v) is 3.93. The minimum Gasteiger partial charge on any atom is -0.592 e. The van der Waals surface area contributed by atoms with E-state index in [4.69, 9.17) is 0 Å². The molecule has 5 amide bonds. The normalized spacial score (nSPS) is 33.9. The molecule has 0 aliphatic carbocycles. The summed E-state index contributed by atoms with van der Waals surface area (Å²) < 4.78 is 11.6. The molecule has 0 bridgehead atoms. The zero-order valence-electron chi connectivity index (χ0n) is 7.39. The topological polar surface area (TPSA) is 131 Å². The van der Waals surface area contributed by atoms with Crippen molar-refractivity contribution in [3.05, 3.63) is 0 Å². The third-order valence-electron chi connectivity index (χ3n) is 2.20. The van der Waals surface area contributed by atoms with Crippen LogP contribution in [0.25, 0.3) is 0 Å². The number of hydrogen-bond acceptors (Lipinski definition) is 5. The average molecular weight is 311 g/mol. The molecule has 2 fully saturated rings. The highest BCUT2D eigenvalue weighted by atomic mass is 79.9. The van der Waals surface area contributed by atoms with Crippen molar-refractivity contribution in [3.8, 4) is 0 Å². The number of imide groups is 1. The maximum absolute atomic E-state index is 11.6. The van der Waals surface area contributed by atoms with Crippen molar-refractivity contribution in [1.29, 1.82) is 0 Å². The molecule has 2 heterocycles. The van der Waals surface area contributed by atoms with Gasteiger partial charge < -0.3 is 10.2 Å². The van der Waals surface area contributed by atoms with Crippen LogP contribution in [0, 0.1) is 0 Å². The number of urea groups is 2. The number of amides is 5. The van der Waals surface area contributed by atoms with E-state index < -0.39 is 37.4 Å². The summed E-state index contributed by atoms with van der Waals surface area (Å²) in [6.07, 6.45) is 0. The Labute approximate surface area is 97.7 Å². The smallest absolute Gasteiger partial charge is 0.364 e. The molecule has 0 aromatic heterocycles. The molecule has 0 saturated carbocycles. The van der Waals surface area contributed by atoms with Gasteiger partial charge in [-0.05, 0) is 0 Å². The molecule has 11 heteroatoms. The lowest BCUT2D eigenvalue weighted by Gasteiger charge is -2.32. The fraction of sp³-hybridized carbons (Fsp3) is 0.400. The minimum absolute atomic E-state index is 0.516. The van der Waals surface area contributed by atoms with Crippen molar-refractivity contribution in [1.82, 2.24) is 19.9 Å². The van der Waals surface area contributed by atoms with Gasteiger partial charge in [-0.25, -0.2) is 9.59 Å². The first-order valence-electron chi connectivity index (χ1n) is 3.93. The van der Waals surface area contributed by atoms with Crippen LogP contribution in [0.1, 0.15) is 0 Å². The number of carbonyl (C=O) groups excluding carboxylic acids is 3. The number of halogens is 1. The Morgan fingerprint density at radius 2 is 2.00 bits per heavy atom. The summed E-state index contributed by atoms with van der Waals surface area (Å²) in [5.41, 5.74) is 0. The summed E-state index contributed by atoms with van der Waals surface area (Å²) >= 11 is 2.64. The number of nitrogens with one attached hydrogen (secondary N) is 3. The Bertz CT molecular complexity index is 429. The van der Waals surface area contributed by atoms with E-state index in [0.717, 1.165) is 0 Å². The summed E-state index contributed by atoms with van der Waals surface area (Å²) in [6.45, 7) is 0. The van der Waals surface area contributed by atoms with Gasteiger partial charge in [-0.3, -0.25) is 15.4 Å². The largest absolute Gasteiger partial charge is 0.592 e. The van der Waals surface area contributed by atoms with Crippen LogP contribution in [0.5, 0.6) is 0 Å². The molecule has 0 aromatic carbocycles. The molecular weight excluding hydrogens is 307 g/mol. The van der Waals surface area contributed by atoms with E-state index in [9.17, 15) is 23.8 Å².